The Morgan fingerprint density at radius 1 is 0.778 bits per heavy atom. The molecule has 1 nitrogen and oxygen atoms in total. The van der Waals surface area contributed by atoms with Gasteiger partial charge in [0.15, 0.2) is 0 Å². The van der Waals surface area contributed by atoms with Gasteiger partial charge >= 0.3 is 0 Å². The highest BCUT2D eigenvalue weighted by Crippen LogP contribution is 2.45. The number of benzene rings is 2. The van der Waals surface area contributed by atoms with Gasteiger partial charge in [-0.3, -0.25) is 4.98 Å². The maximum atomic E-state index is 4.04. The quantitative estimate of drug-likeness (QED) is 0.478. The molecule has 0 saturated heterocycles. The topological polar surface area (TPSA) is 12.9 Å². The van der Waals surface area contributed by atoms with Gasteiger partial charge in [-0.05, 0) is 63.4 Å². The Labute approximate surface area is 105 Å². The Balaban J connectivity index is 1.82. The van der Waals surface area contributed by atoms with E-state index in [0.29, 0.717) is 0 Å². The highest BCUT2D eigenvalue weighted by Gasteiger charge is 2.24. The number of aromatic nitrogens is 1. The normalized spacial score (nSPS) is 12.3. The minimum atomic E-state index is 1.21. The fourth-order valence-corrected chi connectivity index (χ4v) is 2.41. The molecular weight excluding hydrogens is 218 g/mol. The molecule has 0 N–H and O–H groups in total. The molecule has 0 unspecified atom stereocenters. The van der Waals surface area contributed by atoms with E-state index in [1.165, 1.54) is 33.0 Å². The van der Waals surface area contributed by atoms with E-state index in [2.05, 4.69) is 47.5 Å². The summed E-state index contributed by atoms with van der Waals surface area (Å²) >= 11 is 0. The molecule has 0 radical (unpaired) electrons. The van der Waals surface area contributed by atoms with Gasteiger partial charge in [-0.2, -0.15) is 0 Å². The lowest BCUT2D eigenvalue weighted by Gasteiger charge is -1.91. The standard InChI is InChI=1S/C17H11N/c1-2-4-14-11-17-15(16(17)10-13(14)3-1)9-12-5-7-18-8-6-12/h1-11H. The number of nitrogens with zero attached hydrogens (tertiary/aromatic N) is 1. The van der Waals surface area contributed by atoms with Gasteiger partial charge in [-0.1, -0.05) is 24.3 Å². The van der Waals surface area contributed by atoms with Gasteiger partial charge in [0, 0.05) is 12.4 Å². The van der Waals surface area contributed by atoms with Gasteiger partial charge in [0.05, 0.1) is 0 Å². The third-order valence-electron chi connectivity index (χ3n) is 3.42. The van der Waals surface area contributed by atoms with E-state index in [-0.39, 0.29) is 0 Å². The molecule has 84 valence electrons. The first-order valence-electron chi connectivity index (χ1n) is 6.07. The Morgan fingerprint density at radius 2 is 1.39 bits per heavy atom. The summed E-state index contributed by atoms with van der Waals surface area (Å²) in [5.74, 6) is 0. The summed E-state index contributed by atoms with van der Waals surface area (Å²) in [4.78, 5) is 4.04. The molecule has 1 heteroatoms. The number of fused-ring (bicyclic) bond motifs is 2. The van der Waals surface area contributed by atoms with E-state index in [0.717, 1.165) is 0 Å². The van der Waals surface area contributed by atoms with Crippen molar-refractivity contribution in [1.82, 2.24) is 4.98 Å². The summed E-state index contributed by atoms with van der Waals surface area (Å²) in [5, 5.41) is 2.63. The van der Waals surface area contributed by atoms with E-state index in [1.807, 2.05) is 24.5 Å². The SMILES string of the molecule is C(=C1c2cc3ccccc3cc21)c1ccncc1. The first-order valence-corrected chi connectivity index (χ1v) is 6.07. The maximum absolute atomic E-state index is 4.04. The Bertz CT molecular complexity index is 725. The van der Waals surface area contributed by atoms with Crippen molar-refractivity contribution in [3.8, 4) is 0 Å². The summed E-state index contributed by atoms with van der Waals surface area (Å²) in [6.07, 6.45) is 5.89. The van der Waals surface area contributed by atoms with E-state index in [9.17, 15) is 0 Å². The number of rotatable bonds is 1. The molecule has 0 saturated carbocycles. The summed E-state index contributed by atoms with van der Waals surface area (Å²) in [7, 11) is 0. The molecule has 4 rings (SSSR count). The van der Waals surface area contributed by atoms with Crippen LogP contribution in [0.2, 0.25) is 0 Å². The third kappa shape index (κ3) is 1.45. The Hall–Kier alpha value is -2.41. The molecule has 1 aliphatic carbocycles. The molecule has 18 heavy (non-hydrogen) atoms. The van der Waals surface area contributed by atoms with Crippen molar-refractivity contribution in [2.45, 2.75) is 0 Å². The largest absolute Gasteiger partial charge is 0.265 e. The minimum Gasteiger partial charge on any atom is -0.265 e. The van der Waals surface area contributed by atoms with Crippen LogP contribution in [0.4, 0.5) is 0 Å². The second kappa shape index (κ2) is 3.54. The minimum absolute atomic E-state index is 1.21. The zero-order valence-corrected chi connectivity index (χ0v) is 9.80. The summed E-state index contributed by atoms with van der Waals surface area (Å²) < 4.78 is 0. The lowest BCUT2D eigenvalue weighted by molar-refractivity contribution is 1.32. The first-order chi connectivity index (χ1) is 8.92. The smallest absolute Gasteiger partial charge is 0.0273 e. The fourth-order valence-electron chi connectivity index (χ4n) is 2.41. The van der Waals surface area contributed by atoms with Crippen molar-refractivity contribution in [1.29, 1.82) is 0 Å². The molecule has 0 atom stereocenters. The Morgan fingerprint density at radius 3 is 2.00 bits per heavy atom. The molecular formula is C17H11N. The van der Waals surface area contributed by atoms with E-state index >= 15 is 0 Å². The van der Waals surface area contributed by atoms with Crippen LogP contribution >= 0.6 is 0 Å². The van der Waals surface area contributed by atoms with Crippen LogP contribution in [0.15, 0.2) is 60.9 Å². The van der Waals surface area contributed by atoms with Crippen molar-refractivity contribution in [3.63, 3.8) is 0 Å². The molecule has 0 aliphatic heterocycles. The Kier molecular flexibility index (Phi) is 1.89. The molecule has 1 heterocycles. The lowest BCUT2D eigenvalue weighted by Crippen LogP contribution is -1.71. The van der Waals surface area contributed by atoms with Gasteiger partial charge < -0.3 is 0 Å². The van der Waals surface area contributed by atoms with E-state index in [4.69, 9.17) is 0 Å². The number of hydrogen-bond donors (Lipinski definition) is 0. The monoisotopic (exact) mass is 229 g/mol. The third-order valence-corrected chi connectivity index (χ3v) is 3.42. The van der Waals surface area contributed by atoms with Crippen molar-refractivity contribution in [2.24, 2.45) is 0 Å². The van der Waals surface area contributed by atoms with Gasteiger partial charge in [0.2, 0.25) is 0 Å². The fraction of sp³-hybridized carbons (Fsp3) is 0. The molecule has 0 amide bonds. The highest BCUT2D eigenvalue weighted by molar-refractivity contribution is 6.11. The second-order valence-electron chi connectivity index (χ2n) is 4.58. The van der Waals surface area contributed by atoms with E-state index < -0.39 is 0 Å². The van der Waals surface area contributed by atoms with Crippen LogP contribution in [0.5, 0.6) is 0 Å². The van der Waals surface area contributed by atoms with Crippen molar-refractivity contribution >= 4 is 22.4 Å². The van der Waals surface area contributed by atoms with E-state index in [1.54, 1.807) is 0 Å². The van der Waals surface area contributed by atoms with Crippen molar-refractivity contribution < 1.29 is 0 Å². The van der Waals surface area contributed by atoms with Gasteiger partial charge in [-0.15, -0.1) is 0 Å². The van der Waals surface area contributed by atoms with Crippen LogP contribution < -0.4 is 0 Å². The average molecular weight is 229 g/mol. The predicted molar refractivity (Wildman–Crippen MR) is 75.2 cm³/mol. The summed E-state index contributed by atoms with van der Waals surface area (Å²) in [5.41, 5.74) is 5.33. The maximum Gasteiger partial charge on any atom is 0.0273 e. The van der Waals surface area contributed by atoms with Gasteiger partial charge in [0.25, 0.3) is 0 Å². The molecule has 0 spiro atoms. The summed E-state index contributed by atoms with van der Waals surface area (Å²) in [6.45, 7) is 0. The zero-order chi connectivity index (χ0) is 11.9. The van der Waals surface area contributed by atoms with Gasteiger partial charge in [-0.25, -0.2) is 0 Å². The first kappa shape index (κ1) is 9.60. The van der Waals surface area contributed by atoms with Crippen LogP contribution in [0.3, 0.4) is 0 Å². The van der Waals surface area contributed by atoms with Crippen LogP contribution in [-0.4, -0.2) is 4.98 Å². The second-order valence-corrected chi connectivity index (χ2v) is 4.58. The molecule has 1 aliphatic rings. The van der Waals surface area contributed by atoms with Crippen molar-refractivity contribution in [3.05, 3.63) is 77.6 Å². The van der Waals surface area contributed by atoms with Crippen LogP contribution in [-0.2, 0) is 0 Å². The molecule has 1 aromatic heterocycles. The van der Waals surface area contributed by atoms with Crippen molar-refractivity contribution in [2.75, 3.05) is 0 Å². The molecule has 0 bridgehead atoms. The molecule has 3 aromatic rings. The lowest BCUT2D eigenvalue weighted by atomic mass is 10.1. The van der Waals surface area contributed by atoms with Gasteiger partial charge in [0.1, 0.15) is 0 Å². The summed E-state index contributed by atoms with van der Waals surface area (Å²) in [6, 6.07) is 17.1. The average Bonchev–Trinajstić information content (AvgIpc) is 3.09. The van der Waals surface area contributed by atoms with Crippen LogP contribution in [0, 0.1) is 0 Å². The van der Waals surface area contributed by atoms with Crippen LogP contribution in [0.1, 0.15) is 16.7 Å². The predicted octanol–water partition coefficient (Wildman–Crippen LogP) is 4.14. The zero-order valence-electron chi connectivity index (χ0n) is 9.80. The highest BCUT2D eigenvalue weighted by atomic mass is 14.6. The number of pyridine rings is 1. The van der Waals surface area contributed by atoms with Crippen LogP contribution in [0.25, 0.3) is 22.4 Å². The number of hydrogen-bond acceptors (Lipinski definition) is 1. The molecule has 0 fully saturated rings. The molecule has 2 aromatic carbocycles.